The minimum atomic E-state index is -0.0546. The predicted octanol–water partition coefficient (Wildman–Crippen LogP) is 2.23. The molecule has 3 aromatic rings. The molecule has 1 aliphatic heterocycles. The molecule has 0 aromatic carbocycles. The van der Waals surface area contributed by atoms with Crippen molar-refractivity contribution in [1.82, 2.24) is 35.1 Å². The van der Waals surface area contributed by atoms with Crippen LogP contribution in [0, 0.1) is 0 Å². The summed E-state index contributed by atoms with van der Waals surface area (Å²) in [4.78, 5) is 25.3. The number of pyridine rings is 1. The highest BCUT2D eigenvalue weighted by molar-refractivity contribution is 9.10. The van der Waals surface area contributed by atoms with Gasteiger partial charge in [-0.25, -0.2) is 0 Å². The molecule has 0 unspecified atom stereocenters. The van der Waals surface area contributed by atoms with Gasteiger partial charge in [0.1, 0.15) is 5.69 Å². The lowest BCUT2D eigenvalue weighted by molar-refractivity contribution is 0.0658. The average molecular weight is 446 g/mol. The Bertz CT molecular complexity index is 974. The number of carbonyl (C=O) groups is 1. The van der Waals surface area contributed by atoms with Gasteiger partial charge in [-0.2, -0.15) is 10.1 Å². The number of rotatable bonds is 4. The second kappa shape index (κ2) is 7.80. The van der Waals surface area contributed by atoms with Gasteiger partial charge >= 0.3 is 0 Å². The fourth-order valence-electron chi connectivity index (χ4n) is 3.00. The van der Waals surface area contributed by atoms with E-state index < -0.39 is 0 Å². The van der Waals surface area contributed by atoms with Gasteiger partial charge < -0.3 is 14.3 Å². The zero-order chi connectivity index (χ0) is 19.7. The largest absolute Gasteiger partial charge is 0.335 e. The number of halogens is 1. The van der Waals surface area contributed by atoms with Crippen molar-refractivity contribution in [1.29, 1.82) is 0 Å². The maximum Gasteiger partial charge on any atom is 0.279 e. The molecule has 1 fully saturated rings. The van der Waals surface area contributed by atoms with Crippen LogP contribution in [0.1, 0.15) is 23.1 Å². The summed E-state index contributed by atoms with van der Waals surface area (Å²) in [6, 6.07) is 3.48. The van der Waals surface area contributed by atoms with Crippen LogP contribution in [-0.2, 0) is 6.42 Å². The van der Waals surface area contributed by atoms with Gasteiger partial charge in [0, 0.05) is 43.6 Å². The first-order chi connectivity index (χ1) is 13.6. The van der Waals surface area contributed by atoms with Gasteiger partial charge in [-0.3, -0.25) is 14.9 Å². The fourth-order valence-corrected chi connectivity index (χ4v) is 3.63. The molecule has 146 valence electrons. The molecule has 1 N–H and O–H groups in total. The maximum absolute atomic E-state index is 12.6. The molecular weight excluding hydrogens is 426 g/mol. The molecule has 0 spiro atoms. The molecule has 0 saturated carbocycles. The molecule has 4 rings (SSSR count). The van der Waals surface area contributed by atoms with E-state index in [4.69, 9.17) is 4.52 Å². The van der Waals surface area contributed by atoms with Crippen molar-refractivity contribution in [2.24, 2.45) is 0 Å². The van der Waals surface area contributed by atoms with Gasteiger partial charge in [0.05, 0.1) is 4.47 Å². The zero-order valence-corrected chi connectivity index (χ0v) is 17.2. The summed E-state index contributed by atoms with van der Waals surface area (Å²) in [6.07, 6.45) is 2.40. The summed E-state index contributed by atoms with van der Waals surface area (Å²) in [5, 5.41) is 11.2. The van der Waals surface area contributed by atoms with Gasteiger partial charge in [0.25, 0.3) is 11.8 Å². The van der Waals surface area contributed by atoms with E-state index in [-0.39, 0.29) is 5.91 Å². The number of hydrogen-bond donors (Lipinski definition) is 1. The quantitative estimate of drug-likeness (QED) is 0.656. The molecule has 0 radical (unpaired) electrons. The van der Waals surface area contributed by atoms with E-state index in [1.165, 1.54) is 0 Å². The summed E-state index contributed by atoms with van der Waals surface area (Å²) >= 11 is 3.50. The van der Waals surface area contributed by atoms with Gasteiger partial charge in [-0.05, 0) is 41.5 Å². The minimum absolute atomic E-state index is 0.0546. The number of H-pyrrole nitrogens is 1. The first kappa shape index (κ1) is 18.8. The van der Waals surface area contributed by atoms with Crippen molar-refractivity contribution in [3.63, 3.8) is 0 Å². The van der Waals surface area contributed by atoms with E-state index >= 15 is 0 Å². The van der Waals surface area contributed by atoms with Gasteiger partial charge in [0.2, 0.25) is 5.82 Å². The molecule has 3 aromatic heterocycles. The van der Waals surface area contributed by atoms with Crippen LogP contribution in [0.5, 0.6) is 0 Å². The zero-order valence-electron chi connectivity index (χ0n) is 15.6. The van der Waals surface area contributed by atoms with E-state index in [0.29, 0.717) is 41.8 Å². The Hall–Kier alpha value is -2.59. The topological polar surface area (TPSA) is 104 Å². The van der Waals surface area contributed by atoms with Crippen molar-refractivity contribution in [3.8, 4) is 23.0 Å². The van der Waals surface area contributed by atoms with Crippen molar-refractivity contribution < 1.29 is 9.32 Å². The number of aromatic amines is 1. The molecular formula is C18H20BrN7O2. The molecule has 1 saturated heterocycles. The Balaban J connectivity index is 1.51. The van der Waals surface area contributed by atoms with Crippen molar-refractivity contribution in [2.75, 3.05) is 33.2 Å². The van der Waals surface area contributed by atoms with Crippen LogP contribution < -0.4 is 0 Å². The predicted molar refractivity (Wildman–Crippen MR) is 106 cm³/mol. The molecule has 0 aliphatic carbocycles. The van der Waals surface area contributed by atoms with Gasteiger partial charge in [0.15, 0.2) is 5.69 Å². The normalized spacial score (nSPS) is 15.2. The standard InChI is InChI=1S/C18H20BrN7O2/c1-3-12-14(19)15(23-22-12)17-21-16(24-28-17)11-4-5-13(20-10-11)18(27)26-8-6-25(2)7-9-26/h4-5,10H,3,6-9H2,1-2H3,(H,22,23). The summed E-state index contributed by atoms with van der Waals surface area (Å²) in [7, 11) is 2.05. The number of nitrogens with one attached hydrogen (secondary N) is 1. The number of likely N-dealkylation sites (N-methyl/N-ethyl adjacent to an activating group) is 1. The third-order valence-electron chi connectivity index (χ3n) is 4.79. The molecule has 28 heavy (non-hydrogen) atoms. The van der Waals surface area contributed by atoms with Gasteiger partial charge in [-0.15, -0.1) is 0 Å². The Labute approximate surface area is 170 Å². The van der Waals surface area contributed by atoms with Crippen molar-refractivity contribution in [3.05, 3.63) is 34.2 Å². The van der Waals surface area contributed by atoms with Crippen LogP contribution >= 0.6 is 15.9 Å². The van der Waals surface area contributed by atoms with Crippen LogP contribution in [0.4, 0.5) is 0 Å². The van der Waals surface area contributed by atoms with E-state index in [0.717, 1.165) is 29.7 Å². The summed E-state index contributed by atoms with van der Waals surface area (Å²) < 4.78 is 6.16. The number of hydrogen-bond acceptors (Lipinski definition) is 7. The van der Waals surface area contributed by atoms with Crippen LogP contribution in [0.25, 0.3) is 23.0 Å². The summed E-state index contributed by atoms with van der Waals surface area (Å²) in [6.45, 7) is 5.20. The van der Waals surface area contributed by atoms with E-state index in [1.807, 2.05) is 11.8 Å². The first-order valence-electron chi connectivity index (χ1n) is 9.08. The van der Waals surface area contributed by atoms with Crippen molar-refractivity contribution in [2.45, 2.75) is 13.3 Å². The van der Waals surface area contributed by atoms with E-state index in [2.05, 4.69) is 53.2 Å². The summed E-state index contributed by atoms with van der Waals surface area (Å²) in [5.74, 6) is 0.658. The number of carbonyl (C=O) groups excluding carboxylic acids is 1. The fraction of sp³-hybridized carbons (Fsp3) is 0.389. The monoisotopic (exact) mass is 445 g/mol. The first-order valence-corrected chi connectivity index (χ1v) is 9.87. The van der Waals surface area contributed by atoms with Crippen LogP contribution in [0.3, 0.4) is 0 Å². The lowest BCUT2D eigenvalue weighted by Crippen LogP contribution is -2.47. The lowest BCUT2D eigenvalue weighted by Gasteiger charge is -2.32. The summed E-state index contributed by atoms with van der Waals surface area (Å²) in [5.41, 5.74) is 2.63. The molecule has 1 aliphatic rings. The van der Waals surface area contributed by atoms with Crippen LogP contribution in [0.2, 0.25) is 0 Å². The highest BCUT2D eigenvalue weighted by Crippen LogP contribution is 2.29. The van der Waals surface area contributed by atoms with Crippen molar-refractivity contribution >= 4 is 21.8 Å². The SMILES string of the molecule is CCc1[nH]nc(-c2nc(-c3ccc(C(=O)N4CCN(C)CC4)nc3)no2)c1Br. The molecule has 4 heterocycles. The smallest absolute Gasteiger partial charge is 0.279 e. The molecule has 10 heteroatoms. The Morgan fingerprint density at radius 2 is 2.07 bits per heavy atom. The number of aryl methyl sites for hydroxylation is 1. The van der Waals surface area contributed by atoms with E-state index in [9.17, 15) is 4.79 Å². The lowest BCUT2D eigenvalue weighted by atomic mass is 10.2. The number of amides is 1. The third-order valence-corrected chi connectivity index (χ3v) is 5.64. The Kier molecular flexibility index (Phi) is 5.23. The molecule has 9 nitrogen and oxygen atoms in total. The number of aromatic nitrogens is 5. The Morgan fingerprint density at radius 3 is 2.71 bits per heavy atom. The van der Waals surface area contributed by atoms with E-state index in [1.54, 1.807) is 18.3 Å². The highest BCUT2D eigenvalue weighted by atomic mass is 79.9. The molecule has 0 bridgehead atoms. The highest BCUT2D eigenvalue weighted by Gasteiger charge is 2.22. The number of piperazine rings is 1. The van der Waals surface area contributed by atoms with Gasteiger partial charge in [-0.1, -0.05) is 12.1 Å². The average Bonchev–Trinajstić information content (AvgIpc) is 3.34. The Morgan fingerprint density at radius 1 is 1.29 bits per heavy atom. The maximum atomic E-state index is 12.6. The second-order valence-electron chi connectivity index (χ2n) is 6.67. The second-order valence-corrected chi connectivity index (χ2v) is 7.46. The van der Waals surface area contributed by atoms with Crippen LogP contribution in [-0.4, -0.2) is 74.3 Å². The minimum Gasteiger partial charge on any atom is -0.335 e. The van der Waals surface area contributed by atoms with Crippen LogP contribution in [0.15, 0.2) is 27.3 Å². The number of nitrogens with zero attached hydrogens (tertiary/aromatic N) is 6. The third kappa shape index (κ3) is 3.57. The molecule has 1 amide bonds. The molecule has 0 atom stereocenters.